The van der Waals surface area contributed by atoms with E-state index in [2.05, 4.69) is 4.99 Å². The Morgan fingerprint density at radius 1 is 1.39 bits per heavy atom. The monoisotopic (exact) mass is 264 g/mol. The van der Waals surface area contributed by atoms with Crippen molar-refractivity contribution in [2.45, 2.75) is 31.4 Å². The first kappa shape index (κ1) is 11.7. The lowest BCUT2D eigenvalue weighted by Crippen LogP contribution is -2.42. The second-order valence-corrected chi connectivity index (χ2v) is 5.48. The number of amides is 1. The SMILES string of the molecule is O=C([C@H]1N=CO[C@@H]1c1ccsc1)N1CCCCC1. The summed E-state index contributed by atoms with van der Waals surface area (Å²) < 4.78 is 5.49. The Morgan fingerprint density at radius 3 is 2.94 bits per heavy atom. The second kappa shape index (κ2) is 5.10. The van der Waals surface area contributed by atoms with Crippen LogP contribution in [0.25, 0.3) is 0 Å². The molecule has 3 heterocycles. The third kappa shape index (κ3) is 2.14. The summed E-state index contributed by atoms with van der Waals surface area (Å²) in [4.78, 5) is 18.6. The summed E-state index contributed by atoms with van der Waals surface area (Å²) in [5.41, 5.74) is 1.05. The maximum Gasteiger partial charge on any atom is 0.251 e. The third-order valence-corrected chi connectivity index (χ3v) is 4.21. The Labute approximate surface area is 110 Å². The van der Waals surface area contributed by atoms with E-state index in [1.807, 2.05) is 21.7 Å². The fourth-order valence-corrected chi connectivity index (χ4v) is 3.20. The number of carbonyl (C=O) groups is 1. The average molecular weight is 264 g/mol. The topological polar surface area (TPSA) is 41.9 Å². The molecule has 1 aromatic heterocycles. The standard InChI is InChI=1S/C13H16N2O2S/c16-13(15-5-2-1-3-6-15)11-12(17-9-14-11)10-4-7-18-8-10/h4,7-9,11-12H,1-3,5-6H2/t11-,12+/m0/s1. The van der Waals surface area contributed by atoms with Crippen LogP contribution < -0.4 is 0 Å². The number of aliphatic imine (C=N–C) groups is 1. The normalized spacial score (nSPS) is 27.2. The van der Waals surface area contributed by atoms with E-state index in [9.17, 15) is 4.79 Å². The maximum absolute atomic E-state index is 12.4. The van der Waals surface area contributed by atoms with E-state index in [-0.39, 0.29) is 12.0 Å². The van der Waals surface area contributed by atoms with Gasteiger partial charge in [0.15, 0.2) is 18.5 Å². The first-order valence-electron chi connectivity index (χ1n) is 6.34. The molecule has 0 unspecified atom stereocenters. The van der Waals surface area contributed by atoms with Gasteiger partial charge in [0.2, 0.25) is 0 Å². The third-order valence-electron chi connectivity index (χ3n) is 3.51. The van der Waals surface area contributed by atoms with Crippen LogP contribution >= 0.6 is 11.3 Å². The van der Waals surface area contributed by atoms with Gasteiger partial charge in [-0.15, -0.1) is 0 Å². The molecule has 2 atom stereocenters. The molecule has 4 nitrogen and oxygen atoms in total. The summed E-state index contributed by atoms with van der Waals surface area (Å²) in [5.74, 6) is 0.111. The van der Waals surface area contributed by atoms with Gasteiger partial charge in [0.05, 0.1) is 0 Å². The molecule has 1 saturated heterocycles. The van der Waals surface area contributed by atoms with Crippen molar-refractivity contribution in [3.63, 3.8) is 0 Å². The van der Waals surface area contributed by atoms with Crippen LogP contribution in [0.2, 0.25) is 0 Å². The summed E-state index contributed by atoms with van der Waals surface area (Å²) in [7, 11) is 0. The van der Waals surface area contributed by atoms with Gasteiger partial charge in [-0.3, -0.25) is 4.79 Å². The summed E-state index contributed by atoms with van der Waals surface area (Å²) in [6, 6.07) is 1.61. The number of carbonyl (C=O) groups excluding carboxylic acids is 1. The van der Waals surface area contributed by atoms with Crippen LogP contribution in [0, 0.1) is 0 Å². The summed E-state index contributed by atoms with van der Waals surface area (Å²) in [6.07, 6.45) is 4.63. The zero-order chi connectivity index (χ0) is 12.4. The minimum absolute atomic E-state index is 0.111. The van der Waals surface area contributed by atoms with Gasteiger partial charge in [-0.05, 0) is 36.1 Å². The lowest BCUT2D eigenvalue weighted by molar-refractivity contribution is -0.135. The van der Waals surface area contributed by atoms with Crippen molar-refractivity contribution in [1.29, 1.82) is 0 Å². The Balaban J connectivity index is 1.73. The van der Waals surface area contributed by atoms with Crippen LogP contribution in [0.1, 0.15) is 30.9 Å². The van der Waals surface area contributed by atoms with Gasteiger partial charge in [0.25, 0.3) is 5.91 Å². The van der Waals surface area contributed by atoms with Crippen LogP contribution in [0.3, 0.4) is 0 Å². The molecule has 2 aliphatic heterocycles. The van der Waals surface area contributed by atoms with Crippen molar-refractivity contribution in [2.75, 3.05) is 13.1 Å². The zero-order valence-corrected chi connectivity index (χ0v) is 10.9. The van der Waals surface area contributed by atoms with Crippen LogP contribution in [0.15, 0.2) is 21.8 Å². The molecule has 0 N–H and O–H groups in total. The van der Waals surface area contributed by atoms with E-state index < -0.39 is 6.04 Å². The van der Waals surface area contributed by atoms with Crippen LogP contribution in [0.4, 0.5) is 0 Å². The minimum Gasteiger partial charge on any atom is -0.473 e. The van der Waals surface area contributed by atoms with Crippen molar-refractivity contribution in [3.8, 4) is 0 Å². The number of nitrogens with zero attached hydrogens (tertiary/aromatic N) is 2. The van der Waals surface area contributed by atoms with Crippen molar-refractivity contribution < 1.29 is 9.53 Å². The highest BCUT2D eigenvalue weighted by Crippen LogP contribution is 2.30. The van der Waals surface area contributed by atoms with Gasteiger partial charge in [0, 0.05) is 18.7 Å². The zero-order valence-electron chi connectivity index (χ0n) is 10.1. The van der Waals surface area contributed by atoms with E-state index in [1.54, 1.807) is 11.3 Å². The largest absolute Gasteiger partial charge is 0.473 e. The average Bonchev–Trinajstić information content (AvgIpc) is 3.09. The van der Waals surface area contributed by atoms with E-state index >= 15 is 0 Å². The summed E-state index contributed by atoms with van der Waals surface area (Å²) in [5, 5.41) is 4.02. The van der Waals surface area contributed by atoms with Crippen LogP contribution in [-0.2, 0) is 9.53 Å². The molecule has 0 saturated carbocycles. The van der Waals surface area contributed by atoms with Gasteiger partial charge in [-0.1, -0.05) is 0 Å². The molecular formula is C13H16N2O2S. The van der Waals surface area contributed by atoms with E-state index in [4.69, 9.17) is 4.74 Å². The van der Waals surface area contributed by atoms with Crippen molar-refractivity contribution in [1.82, 2.24) is 4.90 Å². The molecule has 1 aromatic rings. The van der Waals surface area contributed by atoms with Gasteiger partial charge in [-0.2, -0.15) is 11.3 Å². The molecule has 18 heavy (non-hydrogen) atoms. The van der Waals surface area contributed by atoms with Crippen molar-refractivity contribution in [2.24, 2.45) is 4.99 Å². The molecule has 0 aromatic carbocycles. The van der Waals surface area contributed by atoms with E-state index in [0.29, 0.717) is 0 Å². The lowest BCUT2D eigenvalue weighted by Gasteiger charge is -2.29. The fraction of sp³-hybridized carbons (Fsp3) is 0.538. The molecule has 3 rings (SSSR count). The summed E-state index contributed by atoms with van der Waals surface area (Å²) in [6.45, 7) is 1.72. The van der Waals surface area contributed by atoms with Gasteiger partial charge in [0.1, 0.15) is 0 Å². The predicted octanol–water partition coefficient (Wildman–Crippen LogP) is 2.23. The number of hydrogen-bond donors (Lipinski definition) is 0. The number of thiophene rings is 1. The number of rotatable bonds is 2. The number of ether oxygens (including phenoxy) is 1. The Bertz CT molecular complexity index is 438. The number of piperidine rings is 1. The number of hydrogen-bond acceptors (Lipinski definition) is 4. The quantitative estimate of drug-likeness (QED) is 0.822. The molecule has 0 bridgehead atoms. The molecule has 0 spiro atoms. The second-order valence-electron chi connectivity index (χ2n) is 4.70. The molecule has 96 valence electrons. The first-order valence-corrected chi connectivity index (χ1v) is 7.28. The van der Waals surface area contributed by atoms with Gasteiger partial charge < -0.3 is 9.64 Å². The molecule has 1 fully saturated rings. The molecule has 1 amide bonds. The van der Waals surface area contributed by atoms with Crippen LogP contribution in [-0.4, -0.2) is 36.3 Å². The maximum atomic E-state index is 12.4. The highest BCUT2D eigenvalue weighted by Gasteiger charge is 2.37. The number of likely N-dealkylation sites (tertiary alicyclic amines) is 1. The Hall–Kier alpha value is -1.36. The van der Waals surface area contributed by atoms with Crippen LogP contribution in [0.5, 0.6) is 0 Å². The predicted molar refractivity (Wildman–Crippen MR) is 70.9 cm³/mol. The van der Waals surface area contributed by atoms with E-state index in [1.165, 1.54) is 12.8 Å². The van der Waals surface area contributed by atoms with Gasteiger partial charge >= 0.3 is 0 Å². The lowest BCUT2D eigenvalue weighted by atomic mass is 10.0. The first-order chi connectivity index (χ1) is 8.86. The molecular weight excluding hydrogens is 248 g/mol. The highest BCUT2D eigenvalue weighted by molar-refractivity contribution is 7.08. The fourth-order valence-electron chi connectivity index (χ4n) is 2.51. The molecule has 0 radical (unpaired) electrons. The minimum atomic E-state index is -0.391. The van der Waals surface area contributed by atoms with Gasteiger partial charge in [-0.25, -0.2) is 4.99 Å². The van der Waals surface area contributed by atoms with Crippen molar-refractivity contribution >= 4 is 23.6 Å². The Kier molecular flexibility index (Phi) is 3.32. The Morgan fingerprint density at radius 2 is 2.22 bits per heavy atom. The molecule has 2 aliphatic rings. The smallest absolute Gasteiger partial charge is 0.251 e. The molecule has 5 heteroatoms. The van der Waals surface area contributed by atoms with E-state index in [0.717, 1.165) is 31.5 Å². The molecule has 0 aliphatic carbocycles. The summed E-state index contributed by atoms with van der Waals surface area (Å²) >= 11 is 1.62. The highest BCUT2D eigenvalue weighted by atomic mass is 32.1. The van der Waals surface area contributed by atoms with Crippen molar-refractivity contribution in [3.05, 3.63) is 22.4 Å².